The lowest BCUT2D eigenvalue weighted by molar-refractivity contribution is 0.102. The maximum atomic E-state index is 13.2. The number of carbonyl (C=O) groups excluding carboxylic acids is 2. The molecule has 5 nitrogen and oxygen atoms in total. The second-order valence-electron chi connectivity index (χ2n) is 7.54. The van der Waals surface area contributed by atoms with Crippen LogP contribution >= 0.6 is 15.9 Å². The number of hydrogen-bond acceptors (Lipinski definition) is 3. The second-order valence-corrected chi connectivity index (χ2v) is 8.46. The zero-order valence-electron chi connectivity index (χ0n) is 18.3. The molecule has 0 aliphatic heterocycles. The predicted molar refractivity (Wildman–Crippen MR) is 139 cm³/mol. The molecular formula is C28H23BrN2O3. The number of rotatable bonds is 8. The summed E-state index contributed by atoms with van der Waals surface area (Å²) in [7, 11) is 0. The standard InChI is InChI=1S/C28H23BrN2O3/c29-21-15-16-26(34-18-17-20-9-3-1-4-10-20)24(19-21)28(33)31-25-14-8-7-13-23(25)27(32)30-22-11-5-2-6-12-22/h1-16,19H,17-18H2,(H,30,32)(H,31,33). The summed E-state index contributed by atoms with van der Waals surface area (Å²) in [6.07, 6.45) is 0.723. The maximum absolute atomic E-state index is 13.2. The molecule has 4 aromatic rings. The SMILES string of the molecule is O=C(Nc1ccccc1)c1ccccc1NC(=O)c1cc(Br)ccc1OCCc1ccccc1. The van der Waals surface area contributed by atoms with Gasteiger partial charge in [0.25, 0.3) is 11.8 Å². The van der Waals surface area contributed by atoms with Crippen LogP contribution in [0.5, 0.6) is 5.75 Å². The summed E-state index contributed by atoms with van der Waals surface area (Å²) in [4.78, 5) is 26.1. The molecule has 0 spiro atoms. The van der Waals surface area contributed by atoms with Gasteiger partial charge in [-0.05, 0) is 48.0 Å². The van der Waals surface area contributed by atoms with Crippen molar-refractivity contribution in [3.63, 3.8) is 0 Å². The molecule has 0 atom stereocenters. The highest BCUT2D eigenvalue weighted by Gasteiger charge is 2.18. The van der Waals surface area contributed by atoms with E-state index in [1.165, 1.54) is 0 Å². The van der Waals surface area contributed by atoms with Gasteiger partial charge in [-0.1, -0.05) is 76.6 Å². The van der Waals surface area contributed by atoms with Crippen LogP contribution in [0.2, 0.25) is 0 Å². The first-order valence-electron chi connectivity index (χ1n) is 10.8. The lowest BCUT2D eigenvalue weighted by atomic mass is 10.1. The Hall–Kier alpha value is -3.90. The average Bonchev–Trinajstić information content (AvgIpc) is 2.86. The molecule has 170 valence electrons. The van der Waals surface area contributed by atoms with Crippen molar-refractivity contribution in [2.24, 2.45) is 0 Å². The Kier molecular flexibility index (Phi) is 7.73. The van der Waals surface area contributed by atoms with Crippen molar-refractivity contribution in [3.8, 4) is 5.75 Å². The van der Waals surface area contributed by atoms with Crippen LogP contribution in [0.1, 0.15) is 26.3 Å². The molecule has 0 fully saturated rings. The Balaban J connectivity index is 1.49. The molecule has 4 rings (SSSR count). The molecule has 6 heteroatoms. The summed E-state index contributed by atoms with van der Waals surface area (Å²) < 4.78 is 6.70. The van der Waals surface area contributed by atoms with Crippen LogP contribution in [0.3, 0.4) is 0 Å². The fourth-order valence-electron chi connectivity index (χ4n) is 3.43. The van der Waals surface area contributed by atoms with Crippen LogP contribution in [0, 0.1) is 0 Å². The highest BCUT2D eigenvalue weighted by molar-refractivity contribution is 9.10. The zero-order valence-corrected chi connectivity index (χ0v) is 19.9. The van der Waals surface area contributed by atoms with Gasteiger partial charge in [-0.3, -0.25) is 9.59 Å². The first-order valence-corrected chi connectivity index (χ1v) is 11.6. The van der Waals surface area contributed by atoms with Crippen molar-refractivity contribution in [1.29, 1.82) is 0 Å². The first kappa shape index (κ1) is 23.3. The Morgan fingerprint density at radius 1 is 0.706 bits per heavy atom. The number of nitrogens with one attached hydrogen (secondary N) is 2. The number of ether oxygens (including phenoxy) is 1. The minimum Gasteiger partial charge on any atom is -0.492 e. The predicted octanol–water partition coefficient (Wildman–Crippen LogP) is 6.58. The van der Waals surface area contributed by atoms with Gasteiger partial charge >= 0.3 is 0 Å². The van der Waals surface area contributed by atoms with E-state index in [-0.39, 0.29) is 11.8 Å². The number of para-hydroxylation sites is 2. The smallest absolute Gasteiger partial charge is 0.259 e. The molecule has 2 N–H and O–H groups in total. The highest BCUT2D eigenvalue weighted by Crippen LogP contribution is 2.26. The van der Waals surface area contributed by atoms with Crippen molar-refractivity contribution in [2.75, 3.05) is 17.2 Å². The molecule has 0 aliphatic carbocycles. The van der Waals surface area contributed by atoms with Crippen LogP contribution in [0.4, 0.5) is 11.4 Å². The van der Waals surface area contributed by atoms with Gasteiger partial charge in [-0.15, -0.1) is 0 Å². The van der Waals surface area contributed by atoms with E-state index in [2.05, 4.69) is 26.6 Å². The summed E-state index contributed by atoms with van der Waals surface area (Å²) in [5.74, 6) is -0.200. The van der Waals surface area contributed by atoms with Crippen molar-refractivity contribution in [2.45, 2.75) is 6.42 Å². The van der Waals surface area contributed by atoms with Crippen molar-refractivity contribution in [3.05, 3.63) is 124 Å². The van der Waals surface area contributed by atoms with Crippen LogP contribution in [0.25, 0.3) is 0 Å². The van der Waals surface area contributed by atoms with Crippen LogP contribution in [-0.2, 0) is 6.42 Å². The van der Waals surface area contributed by atoms with E-state index in [0.29, 0.717) is 34.9 Å². The van der Waals surface area contributed by atoms with Gasteiger partial charge < -0.3 is 15.4 Å². The van der Waals surface area contributed by atoms with Gasteiger partial charge in [0.05, 0.1) is 23.4 Å². The Morgan fingerprint density at radius 3 is 2.12 bits per heavy atom. The maximum Gasteiger partial charge on any atom is 0.259 e. The summed E-state index contributed by atoms with van der Waals surface area (Å²) in [5.41, 5.74) is 2.98. The topological polar surface area (TPSA) is 67.4 Å². The number of benzene rings is 4. The minimum absolute atomic E-state index is 0.310. The fourth-order valence-corrected chi connectivity index (χ4v) is 3.79. The largest absolute Gasteiger partial charge is 0.492 e. The molecule has 0 aromatic heterocycles. The molecule has 4 aromatic carbocycles. The lowest BCUT2D eigenvalue weighted by Crippen LogP contribution is -2.19. The van der Waals surface area contributed by atoms with Crippen LogP contribution < -0.4 is 15.4 Å². The highest BCUT2D eigenvalue weighted by atomic mass is 79.9. The lowest BCUT2D eigenvalue weighted by Gasteiger charge is -2.14. The first-order chi connectivity index (χ1) is 16.6. The van der Waals surface area contributed by atoms with Gasteiger partial charge in [0.2, 0.25) is 0 Å². The Labute approximate surface area is 206 Å². The van der Waals surface area contributed by atoms with Gasteiger partial charge in [-0.25, -0.2) is 0 Å². The monoisotopic (exact) mass is 514 g/mol. The third kappa shape index (κ3) is 6.11. The fraction of sp³-hybridized carbons (Fsp3) is 0.0714. The van der Waals surface area contributed by atoms with E-state index in [0.717, 1.165) is 16.5 Å². The number of halogens is 1. The van der Waals surface area contributed by atoms with E-state index in [1.807, 2.05) is 54.6 Å². The van der Waals surface area contributed by atoms with Gasteiger partial charge in [0.1, 0.15) is 5.75 Å². The van der Waals surface area contributed by atoms with Gasteiger partial charge in [0, 0.05) is 16.6 Å². The van der Waals surface area contributed by atoms with Gasteiger partial charge in [-0.2, -0.15) is 0 Å². The van der Waals surface area contributed by atoms with Crippen LogP contribution in [-0.4, -0.2) is 18.4 Å². The molecule has 0 heterocycles. The molecule has 0 saturated carbocycles. The summed E-state index contributed by atoms with van der Waals surface area (Å²) in [6, 6.07) is 31.4. The number of hydrogen-bond donors (Lipinski definition) is 2. The van der Waals surface area contributed by atoms with E-state index < -0.39 is 0 Å². The van der Waals surface area contributed by atoms with E-state index >= 15 is 0 Å². The van der Waals surface area contributed by atoms with E-state index in [9.17, 15) is 9.59 Å². The van der Waals surface area contributed by atoms with E-state index in [4.69, 9.17) is 4.74 Å². The molecule has 0 bridgehead atoms. The van der Waals surface area contributed by atoms with Crippen LogP contribution in [0.15, 0.2) is 108 Å². The average molecular weight is 515 g/mol. The third-order valence-electron chi connectivity index (χ3n) is 5.13. The molecule has 2 amide bonds. The van der Waals surface area contributed by atoms with Crippen molar-refractivity contribution in [1.82, 2.24) is 0 Å². The van der Waals surface area contributed by atoms with E-state index in [1.54, 1.807) is 48.5 Å². The normalized spacial score (nSPS) is 10.4. The molecule has 0 saturated heterocycles. The van der Waals surface area contributed by atoms with Crippen molar-refractivity contribution < 1.29 is 14.3 Å². The van der Waals surface area contributed by atoms with Crippen molar-refractivity contribution >= 4 is 39.1 Å². The minimum atomic E-state index is -0.365. The number of anilines is 2. The molecule has 34 heavy (non-hydrogen) atoms. The number of carbonyl (C=O) groups is 2. The molecule has 0 aliphatic rings. The number of amides is 2. The summed E-state index contributed by atoms with van der Waals surface area (Å²) in [5, 5.41) is 5.72. The zero-order chi connectivity index (χ0) is 23.8. The third-order valence-corrected chi connectivity index (χ3v) is 5.62. The Morgan fingerprint density at radius 2 is 1.35 bits per heavy atom. The van der Waals surface area contributed by atoms with Gasteiger partial charge in [0.15, 0.2) is 0 Å². The summed E-state index contributed by atoms with van der Waals surface area (Å²) in [6.45, 7) is 0.433. The molecular weight excluding hydrogens is 492 g/mol. The second kappa shape index (κ2) is 11.3. The molecule has 0 unspecified atom stereocenters. The quantitative estimate of drug-likeness (QED) is 0.279. The Bertz CT molecular complexity index is 1280. The summed E-state index contributed by atoms with van der Waals surface area (Å²) >= 11 is 3.43. The molecule has 0 radical (unpaired) electrons.